The second-order valence-corrected chi connectivity index (χ2v) is 9.15. The maximum absolute atomic E-state index is 12.8. The monoisotopic (exact) mass is 441 g/mol. The fourth-order valence-electron chi connectivity index (χ4n) is 3.55. The molecule has 1 fully saturated rings. The highest BCUT2D eigenvalue weighted by Gasteiger charge is 2.31. The van der Waals surface area contributed by atoms with E-state index in [0.717, 1.165) is 5.56 Å². The second kappa shape index (κ2) is 9.21. The molecule has 7 nitrogen and oxygen atoms in total. The predicted octanol–water partition coefficient (Wildman–Crippen LogP) is 1.46. The van der Waals surface area contributed by atoms with E-state index in [4.69, 9.17) is 25.8 Å². The van der Waals surface area contributed by atoms with Crippen molar-refractivity contribution in [1.82, 2.24) is 4.31 Å². The number of benzene rings is 2. The number of nitrogens with one attached hydrogen (secondary N) is 1. The summed E-state index contributed by atoms with van der Waals surface area (Å²) in [5.41, 5.74) is 0.995. The van der Waals surface area contributed by atoms with E-state index in [1.807, 2.05) is 12.1 Å². The Morgan fingerprint density at radius 2 is 1.55 bits per heavy atom. The second-order valence-electron chi connectivity index (χ2n) is 6.78. The summed E-state index contributed by atoms with van der Waals surface area (Å²) in [6.45, 7) is 3.01. The number of methoxy groups -OCH3 is 3. The summed E-state index contributed by atoms with van der Waals surface area (Å²) in [6, 6.07) is 10.1. The summed E-state index contributed by atoms with van der Waals surface area (Å²) in [7, 11) is 1.26. The van der Waals surface area contributed by atoms with Gasteiger partial charge in [-0.15, -0.1) is 0 Å². The van der Waals surface area contributed by atoms with E-state index in [-0.39, 0.29) is 4.90 Å². The summed E-state index contributed by atoms with van der Waals surface area (Å²) in [6.07, 6.45) is 0. The quantitative estimate of drug-likeness (QED) is 0.704. The van der Waals surface area contributed by atoms with Gasteiger partial charge in [0.25, 0.3) is 0 Å². The molecule has 0 radical (unpaired) electrons. The first-order valence-electron chi connectivity index (χ1n) is 9.27. The summed E-state index contributed by atoms with van der Waals surface area (Å²) in [5, 5.41) is 0.516. The van der Waals surface area contributed by atoms with Crippen LogP contribution in [0.4, 0.5) is 0 Å². The molecule has 0 bridgehead atoms. The topological polar surface area (TPSA) is 69.5 Å². The van der Waals surface area contributed by atoms with Crippen LogP contribution in [0.25, 0.3) is 0 Å². The number of ether oxygens (including phenoxy) is 3. The van der Waals surface area contributed by atoms with Crippen molar-refractivity contribution in [3.63, 3.8) is 0 Å². The molecule has 3 rings (SSSR count). The molecule has 1 aliphatic rings. The molecule has 29 heavy (non-hydrogen) atoms. The van der Waals surface area contributed by atoms with E-state index in [1.165, 1.54) is 9.21 Å². The lowest BCUT2D eigenvalue weighted by Crippen LogP contribution is -3.13. The Bertz CT molecular complexity index is 942. The average Bonchev–Trinajstić information content (AvgIpc) is 2.74. The van der Waals surface area contributed by atoms with Crippen molar-refractivity contribution in [2.75, 3.05) is 47.5 Å². The Morgan fingerprint density at radius 3 is 2.10 bits per heavy atom. The van der Waals surface area contributed by atoms with Gasteiger partial charge in [-0.1, -0.05) is 11.6 Å². The fraction of sp³-hybridized carbons (Fsp3) is 0.400. The van der Waals surface area contributed by atoms with Gasteiger partial charge >= 0.3 is 0 Å². The van der Waals surface area contributed by atoms with Crippen LogP contribution >= 0.6 is 11.6 Å². The first-order valence-corrected chi connectivity index (χ1v) is 11.1. The van der Waals surface area contributed by atoms with Crippen molar-refractivity contribution in [3.8, 4) is 17.2 Å². The maximum atomic E-state index is 12.8. The van der Waals surface area contributed by atoms with Crippen LogP contribution < -0.4 is 19.1 Å². The van der Waals surface area contributed by atoms with Crippen LogP contribution in [0.15, 0.2) is 41.3 Å². The largest absolute Gasteiger partial charge is 0.493 e. The first-order chi connectivity index (χ1) is 13.9. The molecule has 0 saturated carbocycles. The number of sulfonamides is 1. The highest BCUT2D eigenvalue weighted by Crippen LogP contribution is 2.39. The molecule has 1 heterocycles. The standard InChI is InChI=1S/C20H25ClN2O5S/c1-26-18-9-4-15(19(27-2)20(18)28-3)14-22-10-12-23(13-11-22)29(24,25)17-7-5-16(21)6-8-17/h4-9H,10-14H2,1-3H3/p+1. The van der Waals surface area contributed by atoms with Crippen LogP contribution in [-0.2, 0) is 16.6 Å². The minimum Gasteiger partial charge on any atom is -0.493 e. The third-order valence-electron chi connectivity index (χ3n) is 5.11. The molecule has 0 aliphatic carbocycles. The highest BCUT2D eigenvalue weighted by atomic mass is 35.5. The lowest BCUT2D eigenvalue weighted by atomic mass is 10.1. The Labute approximate surface area is 176 Å². The smallest absolute Gasteiger partial charge is 0.243 e. The predicted molar refractivity (Wildman–Crippen MR) is 111 cm³/mol. The van der Waals surface area contributed by atoms with Gasteiger partial charge in [-0.25, -0.2) is 8.42 Å². The number of quaternary nitrogens is 1. The molecule has 0 atom stereocenters. The molecule has 0 unspecified atom stereocenters. The number of nitrogens with zero attached hydrogens (tertiary/aromatic N) is 1. The zero-order valence-corrected chi connectivity index (χ0v) is 18.3. The fourth-order valence-corrected chi connectivity index (χ4v) is 5.11. The third-order valence-corrected chi connectivity index (χ3v) is 7.27. The summed E-state index contributed by atoms with van der Waals surface area (Å²) in [4.78, 5) is 1.55. The van der Waals surface area contributed by atoms with Crippen LogP contribution in [0, 0.1) is 0 Å². The van der Waals surface area contributed by atoms with E-state index >= 15 is 0 Å². The van der Waals surface area contributed by atoms with Gasteiger partial charge in [0.15, 0.2) is 11.5 Å². The minimum absolute atomic E-state index is 0.270. The van der Waals surface area contributed by atoms with E-state index in [9.17, 15) is 8.42 Å². The number of rotatable bonds is 7. The SMILES string of the molecule is COc1ccc(C[NH+]2CCN(S(=O)(=O)c3ccc(Cl)cc3)CC2)c(OC)c1OC. The summed E-state index contributed by atoms with van der Waals surface area (Å²) >= 11 is 5.87. The van der Waals surface area contributed by atoms with Crippen molar-refractivity contribution >= 4 is 21.6 Å². The Hall–Kier alpha value is -2.00. The molecule has 9 heteroatoms. The van der Waals surface area contributed by atoms with Gasteiger partial charge < -0.3 is 19.1 Å². The van der Waals surface area contributed by atoms with Crippen LogP contribution in [0.3, 0.4) is 0 Å². The normalized spacial score (nSPS) is 15.9. The number of piperazine rings is 1. The summed E-state index contributed by atoms with van der Waals surface area (Å²) in [5.74, 6) is 1.83. The van der Waals surface area contributed by atoms with Gasteiger partial charge in [0, 0.05) is 5.02 Å². The molecule has 0 aromatic heterocycles. The first kappa shape index (κ1) is 21.7. The highest BCUT2D eigenvalue weighted by molar-refractivity contribution is 7.89. The molecule has 0 spiro atoms. The Kier molecular flexibility index (Phi) is 6.89. The van der Waals surface area contributed by atoms with E-state index in [2.05, 4.69) is 0 Å². The van der Waals surface area contributed by atoms with Crippen LogP contribution in [0.1, 0.15) is 5.56 Å². The molecule has 158 valence electrons. The van der Waals surface area contributed by atoms with E-state index in [1.54, 1.807) is 45.6 Å². The zero-order chi connectivity index (χ0) is 21.0. The van der Waals surface area contributed by atoms with Crippen LogP contribution in [0.5, 0.6) is 17.2 Å². The molecule has 0 amide bonds. The van der Waals surface area contributed by atoms with Crippen LogP contribution in [-0.4, -0.2) is 60.2 Å². The molecule has 1 N–H and O–H groups in total. The Morgan fingerprint density at radius 1 is 0.931 bits per heavy atom. The zero-order valence-electron chi connectivity index (χ0n) is 16.8. The number of hydrogen-bond donors (Lipinski definition) is 1. The Balaban J connectivity index is 1.69. The maximum Gasteiger partial charge on any atom is 0.243 e. The molecule has 2 aromatic carbocycles. The lowest BCUT2D eigenvalue weighted by molar-refractivity contribution is -0.917. The molecule has 2 aromatic rings. The minimum atomic E-state index is -3.51. The van der Waals surface area contributed by atoms with E-state index in [0.29, 0.717) is 55.0 Å². The van der Waals surface area contributed by atoms with Crippen molar-refractivity contribution in [2.24, 2.45) is 0 Å². The van der Waals surface area contributed by atoms with Crippen molar-refractivity contribution in [2.45, 2.75) is 11.4 Å². The van der Waals surface area contributed by atoms with Gasteiger partial charge in [-0.05, 0) is 36.4 Å². The van der Waals surface area contributed by atoms with Crippen molar-refractivity contribution in [1.29, 1.82) is 0 Å². The molecular weight excluding hydrogens is 416 g/mol. The lowest BCUT2D eigenvalue weighted by Gasteiger charge is -2.32. The third kappa shape index (κ3) is 4.61. The average molecular weight is 442 g/mol. The van der Waals surface area contributed by atoms with E-state index < -0.39 is 10.0 Å². The van der Waals surface area contributed by atoms with Gasteiger partial charge in [0.2, 0.25) is 15.8 Å². The number of hydrogen-bond acceptors (Lipinski definition) is 5. The van der Waals surface area contributed by atoms with Crippen molar-refractivity contribution in [3.05, 3.63) is 47.0 Å². The molecule has 1 aliphatic heterocycles. The van der Waals surface area contributed by atoms with Crippen LogP contribution in [0.2, 0.25) is 5.02 Å². The van der Waals surface area contributed by atoms with Crippen molar-refractivity contribution < 1.29 is 27.5 Å². The van der Waals surface area contributed by atoms with Gasteiger partial charge in [0.05, 0.1) is 58.0 Å². The molecule has 1 saturated heterocycles. The summed E-state index contributed by atoms with van der Waals surface area (Å²) < 4.78 is 43.6. The number of halogens is 1. The van der Waals surface area contributed by atoms with Gasteiger partial charge in [-0.3, -0.25) is 0 Å². The van der Waals surface area contributed by atoms with Gasteiger partial charge in [0.1, 0.15) is 6.54 Å². The molecular formula is C20H26ClN2O5S+. The van der Waals surface area contributed by atoms with Gasteiger partial charge in [-0.2, -0.15) is 4.31 Å².